The van der Waals surface area contributed by atoms with E-state index in [1.165, 1.54) is 18.2 Å². The Balaban J connectivity index is 1.99. The Morgan fingerprint density at radius 2 is 2.04 bits per heavy atom. The highest BCUT2D eigenvalue weighted by Gasteiger charge is 2.19. The van der Waals surface area contributed by atoms with Crippen LogP contribution in [-0.4, -0.2) is 10.2 Å². The predicted molar refractivity (Wildman–Crippen MR) is 101 cm³/mol. The molecule has 1 aromatic heterocycles. The number of aromatic nitrogens is 2. The van der Waals surface area contributed by atoms with Crippen LogP contribution in [0.4, 0.5) is 4.39 Å². The predicted octanol–water partition coefficient (Wildman–Crippen LogP) is 4.69. The summed E-state index contributed by atoms with van der Waals surface area (Å²) in [6.45, 7) is 0. The Morgan fingerprint density at radius 3 is 2.73 bits per heavy atom. The van der Waals surface area contributed by atoms with E-state index in [2.05, 4.69) is 42.1 Å². The summed E-state index contributed by atoms with van der Waals surface area (Å²) < 4.78 is 21.7. The molecule has 8 heteroatoms. The third kappa shape index (κ3) is 4.00. The SMILES string of the molecule is N#Cc1cccc(Oc2c(F)c(Cc3ccc(=O)[nH]n3)cc(Br)c2Br)c1. The van der Waals surface area contributed by atoms with Crippen molar-refractivity contribution in [3.8, 4) is 17.6 Å². The first kappa shape index (κ1) is 18.3. The molecule has 5 nitrogen and oxygen atoms in total. The molecule has 0 saturated carbocycles. The number of halogens is 3. The number of rotatable bonds is 4. The van der Waals surface area contributed by atoms with Crippen molar-refractivity contribution in [2.75, 3.05) is 0 Å². The number of H-pyrrole nitrogens is 1. The zero-order valence-corrected chi connectivity index (χ0v) is 16.3. The molecule has 3 rings (SSSR count). The van der Waals surface area contributed by atoms with Gasteiger partial charge in [0.15, 0.2) is 11.6 Å². The molecule has 0 fully saturated rings. The first-order valence-electron chi connectivity index (χ1n) is 7.37. The molecule has 0 aliphatic carbocycles. The van der Waals surface area contributed by atoms with Crippen molar-refractivity contribution >= 4 is 31.9 Å². The van der Waals surface area contributed by atoms with Crippen molar-refractivity contribution in [1.82, 2.24) is 10.2 Å². The Labute approximate surface area is 164 Å². The fourth-order valence-electron chi connectivity index (χ4n) is 2.26. The quantitative estimate of drug-likeness (QED) is 0.552. The molecule has 130 valence electrons. The fraction of sp³-hybridized carbons (Fsp3) is 0.0556. The van der Waals surface area contributed by atoms with Gasteiger partial charge >= 0.3 is 0 Å². The third-order valence-corrected chi connectivity index (χ3v) is 5.43. The van der Waals surface area contributed by atoms with E-state index in [1.54, 1.807) is 24.3 Å². The van der Waals surface area contributed by atoms with E-state index < -0.39 is 5.82 Å². The van der Waals surface area contributed by atoms with Crippen molar-refractivity contribution in [1.29, 1.82) is 5.26 Å². The van der Waals surface area contributed by atoms with Crippen LogP contribution >= 0.6 is 31.9 Å². The first-order chi connectivity index (χ1) is 12.5. The number of nitrogens with one attached hydrogen (secondary N) is 1. The average Bonchev–Trinajstić information content (AvgIpc) is 2.65. The summed E-state index contributed by atoms with van der Waals surface area (Å²) in [6, 6.07) is 12.9. The van der Waals surface area contributed by atoms with Crippen molar-refractivity contribution in [3.63, 3.8) is 0 Å². The van der Waals surface area contributed by atoms with Gasteiger partial charge in [0.1, 0.15) is 5.75 Å². The zero-order chi connectivity index (χ0) is 18.7. The highest BCUT2D eigenvalue weighted by atomic mass is 79.9. The minimum absolute atomic E-state index is 0.00566. The molecule has 0 spiro atoms. The number of ether oxygens (including phenoxy) is 1. The molecule has 0 atom stereocenters. The molecule has 3 aromatic rings. The van der Waals surface area contributed by atoms with Gasteiger partial charge in [0.25, 0.3) is 5.56 Å². The lowest BCUT2D eigenvalue weighted by molar-refractivity contribution is 0.435. The normalized spacial score (nSPS) is 10.4. The summed E-state index contributed by atoms with van der Waals surface area (Å²) in [7, 11) is 0. The van der Waals surface area contributed by atoms with Crippen molar-refractivity contribution in [3.05, 3.63) is 84.4 Å². The zero-order valence-electron chi connectivity index (χ0n) is 13.1. The second kappa shape index (κ2) is 7.81. The van der Waals surface area contributed by atoms with Crippen LogP contribution in [0.3, 0.4) is 0 Å². The number of hydrogen-bond donors (Lipinski definition) is 1. The molecule has 0 bridgehead atoms. The molecule has 26 heavy (non-hydrogen) atoms. The second-order valence-electron chi connectivity index (χ2n) is 5.31. The Bertz CT molecular complexity index is 1060. The summed E-state index contributed by atoms with van der Waals surface area (Å²) in [6.07, 6.45) is 0.170. The van der Waals surface area contributed by atoms with Crippen LogP contribution in [-0.2, 0) is 6.42 Å². The lowest BCUT2D eigenvalue weighted by atomic mass is 10.1. The number of nitrogens with zero attached hydrogens (tertiary/aromatic N) is 2. The lowest BCUT2D eigenvalue weighted by Gasteiger charge is -2.13. The van der Waals surface area contributed by atoms with Crippen LogP contribution in [0.5, 0.6) is 11.5 Å². The molecule has 2 aromatic carbocycles. The summed E-state index contributed by atoms with van der Waals surface area (Å²) in [5.74, 6) is -0.223. The van der Waals surface area contributed by atoms with Crippen LogP contribution < -0.4 is 10.3 Å². The summed E-state index contributed by atoms with van der Waals surface area (Å²) >= 11 is 6.69. The van der Waals surface area contributed by atoms with Crippen LogP contribution in [0.15, 0.2) is 56.2 Å². The van der Waals surface area contributed by atoms with Crippen LogP contribution in [0.25, 0.3) is 0 Å². The number of hydrogen-bond acceptors (Lipinski definition) is 4. The maximum Gasteiger partial charge on any atom is 0.264 e. The van der Waals surface area contributed by atoms with E-state index in [0.29, 0.717) is 31.5 Å². The topological polar surface area (TPSA) is 78.8 Å². The smallest absolute Gasteiger partial charge is 0.264 e. The van der Waals surface area contributed by atoms with Gasteiger partial charge in [-0.3, -0.25) is 4.79 Å². The van der Waals surface area contributed by atoms with Gasteiger partial charge < -0.3 is 4.74 Å². The van der Waals surface area contributed by atoms with Crippen molar-refractivity contribution in [2.24, 2.45) is 0 Å². The number of benzene rings is 2. The Morgan fingerprint density at radius 1 is 1.23 bits per heavy atom. The molecule has 1 N–H and O–H groups in total. The van der Waals surface area contributed by atoms with Gasteiger partial charge in [0, 0.05) is 17.0 Å². The van der Waals surface area contributed by atoms with E-state index >= 15 is 4.39 Å². The summed E-state index contributed by atoms with van der Waals surface area (Å²) in [4.78, 5) is 11.1. The fourth-order valence-corrected chi connectivity index (χ4v) is 3.09. The van der Waals surface area contributed by atoms with Gasteiger partial charge in [-0.2, -0.15) is 10.4 Å². The summed E-state index contributed by atoms with van der Waals surface area (Å²) in [5.41, 5.74) is 0.931. The largest absolute Gasteiger partial charge is 0.453 e. The van der Waals surface area contributed by atoms with E-state index in [9.17, 15) is 4.79 Å². The molecule has 0 unspecified atom stereocenters. The van der Waals surface area contributed by atoms with E-state index in [-0.39, 0.29) is 17.7 Å². The average molecular weight is 479 g/mol. The van der Waals surface area contributed by atoms with Crippen LogP contribution in [0, 0.1) is 17.1 Å². The summed E-state index contributed by atoms with van der Waals surface area (Å²) in [5, 5.41) is 15.2. The molecule has 0 saturated heterocycles. The highest BCUT2D eigenvalue weighted by molar-refractivity contribution is 9.13. The number of nitriles is 1. The third-order valence-electron chi connectivity index (χ3n) is 3.48. The van der Waals surface area contributed by atoms with Crippen LogP contribution in [0.2, 0.25) is 0 Å². The molecule has 0 aliphatic heterocycles. The minimum atomic E-state index is -0.560. The minimum Gasteiger partial charge on any atom is -0.453 e. The van der Waals surface area contributed by atoms with E-state index in [1.807, 2.05) is 6.07 Å². The van der Waals surface area contributed by atoms with Gasteiger partial charge in [0.05, 0.1) is 21.8 Å². The number of aromatic amines is 1. The Hall–Kier alpha value is -2.50. The molecular weight excluding hydrogens is 469 g/mol. The molecule has 1 heterocycles. The van der Waals surface area contributed by atoms with Gasteiger partial charge in [0.2, 0.25) is 0 Å². The van der Waals surface area contributed by atoms with Gasteiger partial charge in [-0.25, -0.2) is 9.49 Å². The van der Waals surface area contributed by atoms with Gasteiger partial charge in [-0.15, -0.1) is 0 Å². The molecule has 0 amide bonds. The molecule has 0 aliphatic rings. The first-order valence-corrected chi connectivity index (χ1v) is 8.95. The Kier molecular flexibility index (Phi) is 5.49. The van der Waals surface area contributed by atoms with Gasteiger partial charge in [-0.1, -0.05) is 6.07 Å². The monoisotopic (exact) mass is 477 g/mol. The second-order valence-corrected chi connectivity index (χ2v) is 6.95. The maximum absolute atomic E-state index is 15.0. The lowest BCUT2D eigenvalue weighted by Crippen LogP contribution is -2.08. The van der Waals surface area contributed by atoms with Crippen molar-refractivity contribution < 1.29 is 9.13 Å². The molecule has 0 radical (unpaired) electrons. The molecular formula is C18H10Br2FN3O2. The van der Waals surface area contributed by atoms with E-state index in [4.69, 9.17) is 10.00 Å². The van der Waals surface area contributed by atoms with Crippen LogP contribution in [0.1, 0.15) is 16.8 Å². The van der Waals surface area contributed by atoms with Gasteiger partial charge in [-0.05, 0) is 67.8 Å². The standard InChI is InChI=1S/C18H10Br2FN3O2/c19-14-8-11(7-12-4-5-15(25)24-23-12)17(21)18(16(14)20)26-13-3-1-2-10(6-13)9-22/h1-6,8H,7H2,(H,24,25). The maximum atomic E-state index is 15.0. The van der Waals surface area contributed by atoms with Crippen molar-refractivity contribution in [2.45, 2.75) is 6.42 Å². The highest BCUT2D eigenvalue weighted by Crippen LogP contribution is 2.40. The van der Waals surface area contributed by atoms with E-state index in [0.717, 1.165) is 0 Å².